The minimum absolute atomic E-state index is 0.0235. The number of aromatic nitrogens is 1. The van der Waals surface area contributed by atoms with E-state index in [1.165, 1.54) is 17.8 Å². The van der Waals surface area contributed by atoms with Gasteiger partial charge in [-0.2, -0.15) is 0 Å². The number of halogens is 2. The van der Waals surface area contributed by atoms with Gasteiger partial charge in [-0.05, 0) is 36.6 Å². The fraction of sp³-hybridized carbons (Fsp3) is 0.267. The van der Waals surface area contributed by atoms with Gasteiger partial charge in [-0.15, -0.1) is 0 Å². The maximum Gasteiger partial charge on any atom is 0.137 e. The van der Waals surface area contributed by atoms with Gasteiger partial charge in [0.05, 0.1) is 9.92 Å². The Balaban J connectivity index is 2.33. The molecule has 2 aromatic rings. The van der Waals surface area contributed by atoms with Crippen molar-refractivity contribution in [1.82, 2.24) is 4.98 Å². The third-order valence-corrected chi connectivity index (χ3v) is 4.58. The Hall–Kier alpha value is -1.10. The molecule has 5 heteroatoms. The van der Waals surface area contributed by atoms with Gasteiger partial charge in [0, 0.05) is 12.2 Å². The fourth-order valence-electron chi connectivity index (χ4n) is 1.80. The van der Waals surface area contributed by atoms with Crippen LogP contribution in [-0.2, 0) is 6.42 Å². The van der Waals surface area contributed by atoms with Crippen LogP contribution in [0.5, 0.6) is 0 Å². The molecule has 0 saturated heterocycles. The lowest BCUT2D eigenvalue weighted by molar-refractivity contribution is 0.585. The molecule has 2 N–H and O–H groups in total. The van der Waals surface area contributed by atoms with E-state index in [2.05, 4.69) is 4.98 Å². The largest absolute Gasteiger partial charge is 0.327 e. The second-order valence-electron chi connectivity index (χ2n) is 4.49. The lowest BCUT2D eigenvalue weighted by Crippen LogP contribution is -2.21. The predicted octanol–water partition coefficient (Wildman–Crippen LogP) is 4.31. The molecule has 0 amide bonds. The molecule has 0 fully saturated rings. The van der Waals surface area contributed by atoms with Gasteiger partial charge in [0.1, 0.15) is 10.8 Å². The van der Waals surface area contributed by atoms with Gasteiger partial charge < -0.3 is 5.73 Å². The Morgan fingerprint density at radius 1 is 1.35 bits per heavy atom. The molecule has 0 aliphatic carbocycles. The van der Waals surface area contributed by atoms with Gasteiger partial charge in [0.25, 0.3) is 0 Å². The van der Waals surface area contributed by atoms with E-state index in [1.54, 1.807) is 24.4 Å². The zero-order valence-electron chi connectivity index (χ0n) is 11.1. The highest BCUT2D eigenvalue weighted by molar-refractivity contribution is 7.99. The number of benzene rings is 1. The first-order valence-electron chi connectivity index (χ1n) is 6.43. The van der Waals surface area contributed by atoms with Crippen LogP contribution in [0, 0.1) is 5.82 Å². The van der Waals surface area contributed by atoms with Gasteiger partial charge in [-0.25, -0.2) is 9.37 Å². The van der Waals surface area contributed by atoms with Crippen LogP contribution >= 0.6 is 23.4 Å². The standard InChI is InChI=1S/C15H16ClFN2S/c1-2-11(18)9-10-5-3-7-13(17)14(10)20-15-12(16)6-4-8-19-15/h3-8,11H,2,9,18H2,1H3. The molecule has 1 atom stereocenters. The Bertz CT molecular complexity index is 592. The summed E-state index contributed by atoms with van der Waals surface area (Å²) in [7, 11) is 0. The molecule has 2 nitrogen and oxygen atoms in total. The number of hydrogen-bond acceptors (Lipinski definition) is 3. The normalized spacial score (nSPS) is 12.4. The summed E-state index contributed by atoms with van der Waals surface area (Å²) in [6.07, 6.45) is 3.14. The summed E-state index contributed by atoms with van der Waals surface area (Å²) in [4.78, 5) is 4.74. The quantitative estimate of drug-likeness (QED) is 0.894. The number of rotatable bonds is 5. The topological polar surface area (TPSA) is 38.9 Å². The van der Waals surface area contributed by atoms with Crippen molar-refractivity contribution >= 4 is 23.4 Å². The Morgan fingerprint density at radius 3 is 2.85 bits per heavy atom. The van der Waals surface area contributed by atoms with Crippen LogP contribution in [0.4, 0.5) is 4.39 Å². The monoisotopic (exact) mass is 310 g/mol. The third kappa shape index (κ3) is 3.72. The first-order valence-corrected chi connectivity index (χ1v) is 7.62. The van der Waals surface area contributed by atoms with Crippen LogP contribution in [0.1, 0.15) is 18.9 Å². The van der Waals surface area contributed by atoms with Crippen molar-refractivity contribution in [2.24, 2.45) is 5.73 Å². The summed E-state index contributed by atoms with van der Waals surface area (Å²) in [6, 6.07) is 8.57. The average molecular weight is 311 g/mol. The summed E-state index contributed by atoms with van der Waals surface area (Å²) in [5.41, 5.74) is 6.87. The highest BCUT2D eigenvalue weighted by Gasteiger charge is 2.14. The molecule has 0 radical (unpaired) electrons. The van der Waals surface area contributed by atoms with Crippen LogP contribution in [0.15, 0.2) is 46.5 Å². The fourth-order valence-corrected chi connectivity index (χ4v) is 2.96. The van der Waals surface area contributed by atoms with Gasteiger partial charge in [0.2, 0.25) is 0 Å². The minimum atomic E-state index is -0.266. The summed E-state index contributed by atoms with van der Waals surface area (Å²) in [5, 5.41) is 1.12. The molecule has 2 rings (SSSR count). The number of nitrogens with zero attached hydrogens (tertiary/aromatic N) is 1. The van der Waals surface area contributed by atoms with Gasteiger partial charge in [-0.1, -0.05) is 42.4 Å². The molecule has 1 heterocycles. The zero-order chi connectivity index (χ0) is 14.5. The summed E-state index contributed by atoms with van der Waals surface area (Å²) < 4.78 is 14.1. The maximum absolute atomic E-state index is 14.1. The van der Waals surface area contributed by atoms with Gasteiger partial charge in [-0.3, -0.25) is 0 Å². The van der Waals surface area contributed by atoms with E-state index in [1.807, 2.05) is 13.0 Å². The van der Waals surface area contributed by atoms with Crippen molar-refractivity contribution in [3.63, 3.8) is 0 Å². The summed E-state index contributed by atoms with van der Waals surface area (Å²) >= 11 is 7.33. The van der Waals surface area contributed by atoms with E-state index >= 15 is 0 Å². The van der Waals surface area contributed by atoms with Crippen molar-refractivity contribution in [3.05, 3.63) is 52.9 Å². The highest BCUT2D eigenvalue weighted by atomic mass is 35.5. The number of hydrogen-bond donors (Lipinski definition) is 1. The molecule has 1 unspecified atom stereocenters. The second kappa shape index (κ2) is 7.07. The number of pyridine rings is 1. The first-order chi connectivity index (χ1) is 9.61. The molecule has 0 saturated carbocycles. The van der Waals surface area contributed by atoms with Crippen molar-refractivity contribution < 1.29 is 4.39 Å². The van der Waals surface area contributed by atoms with Crippen LogP contribution in [0.3, 0.4) is 0 Å². The molecule has 0 aliphatic rings. The molecular formula is C15H16ClFN2S. The van der Waals surface area contributed by atoms with E-state index in [-0.39, 0.29) is 11.9 Å². The molecule has 0 aliphatic heterocycles. The lowest BCUT2D eigenvalue weighted by atomic mass is 10.0. The van der Waals surface area contributed by atoms with Crippen LogP contribution in [-0.4, -0.2) is 11.0 Å². The predicted molar refractivity (Wildman–Crippen MR) is 81.7 cm³/mol. The van der Waals surface area contributed by atoms with Crippen LogP contribution in [0.25, 0.3) is 0 Å². The first kappa shape index (κ1) is 15.3. The molecule has 20 heavy (non-hydrogen) atoms. The van der Waals surface area contributed by atoms with Gasteiger partial charge >= 0.3 is 0 Å². The molecular weight excluding hydrogens is 295 g/mol. The molecule has 1 aromatic heterocycles. The Morgan fingerprint density at radius 2 is 2.15 bits per heavy atom. The van der Waals surface area contributed by atoms with E-state index in [9.17, 15) is 4.39 Å². The average Bonchev–Trinajstić information content (AvgIpc) is 2.44. The number of nitrogens with two attached hydrogens (primary N) is 1. The zero-order valence-corrected chi connectivity index (χ0v) is 12.7. The van der Waals surface area contributed by atoms with Crippen LogP contribution < -0.4 is 5.73 Å². The molecule has 0 bridgehead atoms. The van der Waals surface area contributed by atoms with Gasteiger partial charge in [0.15, 0.2) is 0 Å². The lowest BCUT2D eigenvalue weighted by Gasteiger charge is -2.13. The SMILES string of the molecule is CCC(N)Cc1cccc(F)c1Sc1ncccc1Cl. The van der Waals surface area contributed by atoms with E-state index < -0.39 is 0 Å². The van der Waals surface area contributed by atoms with E-state index in [4.69, 9.17) is 17.3 Å². The van der Waals surface area contributed by atoms with Crippen molar-refractivity contribution in [2.45, 2.75) is 35.7 Å². The van der Waals surface area contributed by atoms with Crippen molar-refractivity contribution in [1.29, 1.82) is 0 Å². The summed E-state index contributed by atoms with van der Waals surface area (Å²) in [5.74, 6) is -0.266. The van der Waals surface area contributed by atoms with Crippen molar-refractivity contribution in [2.75, 3.05) is 0 Å². The maximum atomic E-state index is 14.1. The molecule has 1 aromatic carbocycles. The van der Waals surface area contributed by atoms with Crippen molar-refractivity contribution in [3.8, 4) is 0 Å². The van der Waals surface area contributed by atoms with E-state index in [0.717, 1.165) is 12.0 Å². The third-order valence-electron chi connectivity index (χ3n) is 2.98. The Labute approximate surface area is 127 Å². The molecule has 0 spiro atoms. The van der Waals surface area contributed by atoms with E-state index in [0.29, 0.717) is 21.4 Å². The van der Waals surface area contributed by atoms with Crippen LogP contribution in [0.2, 0.25) is 5.02 Å². The highest BCUT2D eigenvalue weighted by Crippen LogP contribution is 2.35. The summed E-state index contributed by atoms with van der Waals surface area (Å²) in [6.45, 7) is 2.02. The molecule has 106 valence electrons. The minimum Gasteiger partial charge on any atom is -0.327 e. The smallest absolute Gasteiger partial charge is 0.137 e. The second-order valence-corrected chi connectivity index (χ2v) is 5.90. The Kier molecular flexibility index (Phi) is 5.40.